The topological polar surface area (TPSA) is 43.1 Å². The Morgan fingerprint density at radius 3 is 2.67 bits per heavy atom. The number of terminal acetylenes is 1. The molecule has 0 N–H and O–H groups in total. The summed E-state index contributed by atoms with van der Waals surface area (Å²) in [5.41, 5.74) is 6.12. The first-order valence-corrected chi connectivity index (χ1v) is 7.82. The smallest absolute Gasteiger partial charge is 0.159 e. The van der Waals surface area contributed by atoms with Crippen molar-refractivity contribution in [3.8, 4) is 18.0 Å². The Labute approximate surface area is 140 Å². The van der Waals surface area contributed by atoms with Crippen molar-refractivity contribution in [3.63, 3.8) is 0 Å². The van der Waals surface area contributed by atoms with Gasteiger partial charge in [0.05, 0.1) is 11.4 Å². The molecule has 4 nitrogen and oxygen atoms in total. The van der Waals surface area contributed by atoms with Crippen LogP contribution in [0.2, 0.25) is 0 Å². The Morgan fingerprint density at radius 1 is 1.04 bits per heavy atom. The zero-order valence-electron chi connectivity index (χ0n) is 13.6. The molecule has 4 heteroatoms. The first kappa shape index (κ1) is 14.4. The minimum atomic E-state index is 0.491. The molecule has 1 aliphatic heterocycles. The Morgan fingerprint density at radius 2 is 1.88 bits per heavy atom. The molecule has 0 saturated carbocycles. The Hall–Kier alpha value is -3.19. The summed E-state index contributed by atoms with van der Waals surface area (Å²) in [5.74, 6) is 4.41. The van der Waals surface area contributed by atoms with E-state index < -0.39 is 0 Å². The monoisotopic (exact) mass is 312 g/mol. The maximum atomic E-state index is 5.62. The van der Waals surface area contributed by atoms with Gasteiger partial charge in [0.2, 0.25) is 0 Å². The fourth-order valence-electron chi connectivity index (χ4n) is 3.14. The maximum Gasteiger partial charge on any atom is 0.159 e. The van der Waals surface area contributed by atoms with Crippen molar-refractivity contribution in [1.82, 2.24) is 14.8 Å². The summed E-state index contributed by atoms with van der Waals surface area (Å²) < 4.78 is 2.06. The molecular formula is C20H16N4. The standard InChI is InChI=1S/C20H16N4/c1-4-15-9-10-18-17(11-15)20(16-8-6-5-7-13(16)2)21-12-19-23-22-14(3)24(18)19/h1,5-11H,12H2,2-3H3. The van der Waals surface area contributed by atoms with Gasteiger partial charge in [0.25, 0.3) is 0 Å². The molecule has 0 amide bonds. The van der Waals surface area contributed by atoms with Gasteiger partial charge in [-0.25, -0.2) is 0 Å². The van der Waals surface area contributed by atoms with Crippen LogP contribution in [-0.2, 0) is 6.54 Å². The van der Waals surface area contributed by atoms with Gasteiger partial charge >= 0.3 is 0 Å². The van der Waals surface area contributed by atoms with E-state index in [2.05, 4.69) is 39.7 Å². The lowest BCUT2D eigenvalue weighted by atomic mass is 9.95. The van der Waals surface area contributed by atoms with Gasteiger partial charge in [0, 0.05) is 16.7 Å². The number of fused-ring (bicyclic) bond motifs is 3. The molecule has 1 aromatic heterocycles. The Bertz CT molecular complexity index is 1020. The molecule has 3 aromatic rings. The van der Waals surface area contributed by atoms with Gasteiger partial charge < -0.3 is 0 Å². The first-order valence-electron chi connectivity index (χ1n) is 7.82. The predicted molar refractivity (Wildman–Crippen MR) is 94.6 cm³/mol. The van der Waals surface area contributed by atoms with Gasteiger partial charge in [-0.15, -0.1) is 16.6 Å². The molecule has 24 heavy (non-hydrogen) atoms. The average molecular weight is 312 g/mol. The molecule has 2 aromatic carbocycles. The van der Waals surface area contributed by atoms with Crippen molar-refractivity contribution in [2.75, 3.05) is 0 Å². The quantitative estimate of drug-likeness (QED) is 0.648. The van der Waals surface area contributed by atoms with E-state index in [0.29, 0.717) is 6.54 Å². The zero-order valence-corrected chi connectivity index (χ0v) is 13.6. The van der Waals surface area contributed by atoms with Crippen molar-refractivity contribution in [3.05, 3.63) is 76.4 Å². The minimum absolute atomic E-state index is 0.491. The normalized spacial score (nSPS) is 12.6. The summed E-state index contributed by atoms with van der Waals surface area (Å²) in [6, 6.07) is 14.3. The molecular weight excluding hydrogens is 296 g/mol. The number of hydrogen-bond donors (Lipinski definition) is 0. The second-order valence-electron chi connectivity index (χ2n) is 5.85. The summed E-state index contributed by atoms with van der Waals surface area (Å²) in [7, 11) is 0. The van der Waals surface area contributed by atoms with E-state index in [9.17, 15) is 0 Å². The van der Waals surface area contributed by atoms with Crippen LogP contribution in [0, 0.1) is 26.2 Å². The maximum absolute atomic E-state index is 5.62. The van der Waals surface area contributed by atoms with Crippen LogP contribution in [-0.4, -0.2) is 20.5 Å². The van der Waals surface area contributed by atoms with Gasteiger partial charge in [-0.2, -0.15) is 0 Å². The van der Waals surface area contributed by atoms with Crippen LogP contribution in [0.1, 0.15) is 33.9 Å². The molecule has 0 spiro atoms. The van der Waals surface area contributed by atoms with Crippen molar-refractivity contribution in [2.24, 2.45) is 4.99 Å². The summed E-state index contributed by atoms with van der Waals surface area (Å²) in [6.45, 7) is 4.54. The molecule has 0 aliphatic carbocycles. The Balaban J connectivity index is 2.04. The second-order valence-corrected chi connectivity index (χ2v) is 5.85. The predicted octanol–water partition coefficient (Wildman–Crippen LogP) is 3.22. The van der Waals surface area contributed by atoms with E-state index in [1.54, 1.807) is 0 Å². The summed E-state index contributed by atoms with van der Waals surface area (Å²) in [4.78, 5) is 4.85. The second kappa shape index (κ2) is 5.47. The van der Waals surface area contributed by atoms with E-state index in [-0.39, 0.29) is 0 Å². The fourth-order valence-corrected chi connectivity index (χ4v) is 3.14. The number of rotatable bonds is 1. The highest BCUT2D eigenvalue weighted by Crippen LogP contribution is 2.27. The number of aryl methyl sites for hydroxylation is 2. The van der Waals surface area contributed by atoms with Crippen molar-refractivity contribution in [1.29, 1.82) is 0 Å². The highest BCUT2D eigenvalue weighted by atomic mass is 15.3. The highest BCUT2D eigenvalue weighted by Gasteiger charge is 2.22. The lowest BCUT2D eigenvalue weighted by molar-refractivity contribution is 0.861. The third-order valence-corrected chi connectivity index (χ3v) is 4.33. The third kappa shape index (κ3) is 2.14. The largest absolute Gasteiger partial charge is 0.281 e. The van der Waals surface area contributed by atoms with Crippen LogP contribution in [0.5, 0.6) is 0 Å². The van der Waals surface area contributed by atoms with Gasteiger partial charge in [-0.05, 0) is 37.6 Å². The number of aromatic nitrogens is 3. The fraction of sp³-hybridized carbons (Fsp3) is 0.150. The summed E-state index contributed by atoms with van der Waals surface area (Å²) >= 11 is 0. The lowest BCUT2D eigenvalue weighted by Crippen LogP contribution is -2.10. The highest BCUT2D eigenvalue weighted by molar-refractivity contribution is 6.16. The molecule has 2 heterocycles. The molecule has 4 rings (SSSR count). The lowest BCUT2D eigenvalue weighted by Gasteiger charge is -2.14. The molecule has 0 saturated heterocycles. The third-order valence-electron chi connectivity index (χ3n) is 4.33. The van der Waals surface area contributed by atoms with E-state index >= 15 is 0 Å². The van der Waals surface area contributed by atoms with Gasteiger partial charge in [0.15, 0.2) is 5.82 Å². The van der Waals surface area contributed by atoms with Crippen LogP contribution in [0.25, 0.3) is 5.69 Å². The molecule has 1 aliphatic rings. The molecule has 0 fully saturated rings. The molecule has 116 valence electrons. The molecule has 0 bridgehead atoms. The first-order chi connectivity index (χ1) is 11.7. The number of hydrogen-bond acceptors (Lipinski definition) is 3. The van der Waals surface area contributed by atoms with Crippen molar-refractivity contribution < 1.29 is 0 Å². The number of nitrogens with zero attached hydrogens (tertiary/aromatic N) is 4. The van der Waals surface area contributed by atoms with Crippen LogP contribution in [0.3, 0.4) is 0 Å². The van der Waals surface area contributed by atoms with Crippen molar-refractivity contribution >= 4 is 5.71 Å². The van der Waals surface area contributed by atoms with E-state index in [1.165, 1.54) is 5.56 Å². The van der Waals surface area contributed by atoms with Gasteiger partial charge in [-0.1, -0.05) is 30.2 Å². The number of benzene rings is 2. The van der Waals surface area contributed by atoms with Crippen LogP contribution < -0.4 is 0 Å². The number of aliphatic imine (C=N–C) groups is 1. The van der Waals surface area contributed by atoms with Crippen LogP contribution in [0.15, 0.2) is 47.5 Å². The van der Waals surface area contributed by atoms with E-state index in [4.69, 9.17) is 11.4 Å². The van der Waals surface area contributed by atoms with E-state index in [1.807, 2.05) is 37.3 Å². The average Bonchev–Trinajstić information content (AvgIpc) is 2.88. The molecule has 0 radical (unpaired) electrons. The van der Waals surface area contributed by atoms with Gasteiger partial charge in [-0.3, -0.25) is 9.56 Å². The van der Waals surface area contributed by atoms with Gasteiger partial charge in [0.1, 0.15) is 12.4 Å². The van der Waals surface area contributed by atoms with E-state index in [0.717, 1.165) is 39.7 Å². The summed E-state index contributed by atoms with van der Waals surface area (Å²) in [5, 5.41) is 8.47. The zero-order chi connectivity index (χ0) is 16.7. The van der Waals surface area contributed by atoms with Crippen LogP contribution >= 0.6 is 0 Å². The van der Waals surface area contributed by atoms with Crippen molar-refractivity contribution in [2.45, 2.75) is 20.4 Å². The van der Waals surface area contributed by atoms with Crippen LogP contribution in [0.4, 0.5) is 0 Å². The molecule has 0 atom stereocenters. The summed E-state index contributed by atoms with van der Waals surface area (Å²) in [6.07, 6.45) is 5.62. The SMILES string of the molecule is C#Cc1ccc2c(c1)C(c1ccccc1C)=NCc1nnc(C)n1-2. The molecule has 0 unspecified atom stereocenters. The Kier molecular flexibility index (Phi) is 3.28. The minimum Gasteiger partial charge on any atom is -0.281 e.